The van der Waals surface area contributed by atoms with Gasteiger partial charge < -0.3 is 10.6 Å². The van der Waals surface area contributed by atoms with E-state index in [2.05, 4.69) is 17.6 Å². The molecule has 2 nitrogen and oxygen atoms in total. The van der Waals surface area contributed by atoms with Crippen molar-refractivity contribution in [2.24, 2.45) is 11.3 Å². The summed E-state index contributed by atoms with van der Waals surface area (Å²) < 4.78 is 0. The Bertz CT molecular complexity index is 129. The van der Waals surface area contributed by atoms with Crippen LogP contribution in [-0.4, -0.2) is 26.2 Å². The predicted octanol–water partition coefficient (Wildman–Crippen LogP) is 0.205. The van der Waals surface area contributed by atoms with Gasteiger partial charge >= 0.3 is 0 Å². The van der Waals surface area contributed by atoms with E-state index in [4.69, 9.17) is 0 Å². The number of rotatable bonds is 0. The SMILES string of the molecule is CC1CNCCC12CNC2. The van der Waals surface area contributed by atoms with Crippen molar-refractivity contribution < 1.29 is 0 Å². The summed E-state index contributed by atoms with van der Waals surface area (Å²) in [5.41, 5.74) is 0.686. The van der Waals surface area contributed by atoms with Crippen LogP contribution in [0, 0.1) is 11.3 Å². The van der Waals surface area contributed by atoms with Crippen LogP contribution in [0.4, 0.5) is 0 Å². The molecule has 1 spiro atoms. The maximum absolute atomic E-state index is 3.43. The third-order valence-electron chi connectivity index (χ3n) is 3.25. The van der Waals surface area contributed by atoms with E-state index in [1.165, 1.54) is 32.6 Å². The lowest BCUT2D eigenvalue weighted by molar-refractivity contribution is 0.0543. The molecule has 0 aromatic heterocycles. The summed E-state index contributed by atoms with van der Waals surface area (Å²) in [5.74, 6) is 0.877. The van der Waals surface area contributed by atoms with Gasteiger partial charge in [0.25, 0.3) is 0 Å². The van der Waals surface area contributed by atoms with Crippen LogP contribution < -0.4 is 10.6 Å². The van der Waals surface area contributed by atoms with Crippen LogP contribution in [0.15, 0.2) is 0 Å². The topological polar surface area (TPSA) is 24.1 Å². The molecule has 0 bridgehead atoms. The van der Waals surface area contributed by atoms with Gasteiger partial charge in [0.1, 0.15) is 0 Å². The molecule has 10 heavy (non-hydrogen) atoms. The van der Waals surface area contributed by atoms with Crippen molar-refractivity contribution in [2.45, 2.75) is 13.3 Å². The highest BCUT2D eigenvalue weighted by molar-refractivity contribution is 4.98. The van der Waals surface area contributed by atoms with Crippen molar-refractivity contribution in [1.82, 2.24) is 10.6 Å². The van der Waals surface area contributed by atoms with Gasteiger partial charge in [0, 0.05) is 18.5 Å². The van der Waals surface area contributed by atoms with Crippen molar-refractivity contribution in [2.75, 3.05) is 26.2 Å². The maximum Gasteiger partial charge on any atom is 0.00237 e. The first kappa shape index (κ1) is 6.62. The zero-order valence-electron chi connectivity index (χ0n) is 6.61. The molecular weight excluding hydrogens is 124 g/mol. The zero-order valence-corrected chi connectivity index (χ0v) is 6.61. The maximum atomic E-state index is 3.43. The summed E-state index contributed by atoms with van der Waals surface area (Å²) in [6.07, 6.45) is 1.38. The lowest BCUT2D eigenvalue weighted by Crippen LogP contribution is -2.61. The molecule has 58 valence electrons. The highest BCUT2D eigenvalue weighted by Crippen LogP contribution is 2.36. The van der Waals surface area contributed by atoms with Crippen molar-refractivity contribution in [3.05, 3.63) is 0 Å². The molecule has 2 aliphatic rings. The lowest BCUT2D eigenvalue weighted by Gasteiger charge is -2.50. The third kappa shape index (κ3) is 0.789. The Morgan fingerprint density at radius 1 is 1.30 bits per heavy atom. The minimum Gasteiger partial charge on any atom is -0.316 e. The van der Waals surface area contributed by atoms with Crippen molar-refractivity contribution >= 4 is 0 Å². The van der Waals surface area contributed by atoms with Crippen molar-refractivity contribution in [1.29, 1.82) is 0 Å². The van der Waals surface area contributed by atoms with E-state index < -0.39 is 0 Å². The predicted molar refractivity (Wildman–Crippen MR) is 42.0 cm³/mol. The van der Waals surface area contributed by atoms with Crippen LogP contribution in [0.25, 0.3) is 0 Å². The average molecular weight is 140 g/mol. The monoisotopic (exact) mass is 140 g/mol. The second-order valence-corrected chi connectivity index (χ2v) is 3.82. The van der Waals surface area contributed by atoms with Crippen LogP contribution in [-0.2, 0) is 0 Å². The number of piperidine rings is 1. The summed E-state index contributed by atoms with van der Waals surface area (Å²) in [6, 6.07) is 0. The molecule has 2 fully saturated rings. The first-order chi connectivity index (χ1) is 4.83. The van der Waals surface area contributed by atoms with Crippen LogP contribution in [0.1, 0.15) is 13.3 Å². The molecule has 0 aliphatic carbocycles. The molecule has 1 unspecified atom stereocenters. The van der Waals surface area contributed by atoms with Crippen LogP contribution in [0.2, 0.25) is 0 Å². The lowest BCUT2D eigenvalue weighted by atomic mass is 9.67. The Kier molecular flexibility index (Phi) is 1.46. The largest absolute Gasteiger partial charge is 0.316 e. The standard InChI is InChI=1S/C8H16N2/c1-7-4-9-3-2-8(7)5-10-6-8/h7,9-10H,2-6H2,1H3. The molecule has 2 aliphatic heterocycles. The molecule has 2 heteroatoms. The molecule has 2 rings (SSSR count). The van der Waals surface area contributed by atoms with Crippen LogP contribution in [0.5, 0.6) is 0 Å². The fourth-order valence-electron chi connectivity index (χ4n) is 2.09. The van der Waals surface area contributed by atoms with Gasteiger partial charge in [-0.25, -0.2) is 0 Å². The summed E-state index contributed by atoms with van der Waals surface area (Å²) in [7, 11) is 0. The summed E-state index contributed by atoms with van der Waals surface area (Å²) in [5, 5.41) is 6.80. The van der Waals surface area contributed by atoms with E-state index in [1.54, 1.807) is 0 Å². The number of hydrogen-bond acceptors (Lipinski definition) is 2. The second-order valence-electron chi connectivity index (χ2n) is 3.82. The Hall–Kier alpha value is -0.0800. The molecule has 1 atom stereocenters. The highest BCUT2D eigenvalue weighted by atomic mass is 15.0. The van der Waals surface area contributed by atoms with Crippen molar-refractivity contribution in [3.63, 3.8) is 0 Å². The van der Waals surface area contributed by atoms with Crippen molar-refractivity contribution in [3.8, 4) is 0 Å². The first-order valence-corrected chi connectivity index (χ1v) is 4.25. The van der Waals surface area contributed by atoms with E-state index in [1.807, 2.05) is 0 Å². The van der Waals surface area contributed by atoms with Crippen LogP contribution in [0.3, 0.4) is 0 Å². The molecule has 2 N–H and O–H groups in total. The average Bonchev–Trinajstić information content (AvgIpc) is 1.85. The molecule has 0 saturated carbocycles. The van der Waals surface area contributed by atoms with Gasteiger partial charge in [-0.2, -0.15) is 0 Å². The fraction of sp³-hybridized carbons (Fsp3) is 1.00. The second kappa shape index (κ2) is 2.21. The zero-order chi connectivity index (χ0) is 7.03. The Balaban J connectivity index is 2.03. The first-order valence-electron chi connectivity index (χ1n) is 4.25. The van der Waals surface area contributed by atoms with Crippen LogP contribution >= 0.6 is 0 Å². The Labute approximate surface area is 62.4 Å². The normalized spacial score (nSPS) is 37.5. The molecule has 2 saturated heterocycles. The summed E-state index contributed by atoms with van der Waals surface area (Å²) >= 11 is 0. The molecule has 0 aromatic carbocycles. The van der Waals surface area contributed by atoms with Gasteiger partial charge in [0.2, 0.25) is 0 Å². The molecule has 0 radical (unpaired) electrons. The van der Waals surface area contributed by atoms with E-state index in [-0.39, 0.29) is 0 Å². The van der Waals surface area contributed by atoms with E-state index >= 15 is 0 Å². The molecule has 2 heterocycles. The van der Waals surface area contributed by atoms with Gasteiger partial charge in [-0.3, -0.25) is 0 Å². The van der Waals surface area contributed by atoms with Gasteiger partial charge in [0.05, 0.1) is 0 Å². The minimum atomic E-state index is 0.686. The number of nitrogens with one attached hydrogen (secondary N) is 2. The molecule has 0 aromatic rings. The van der Waals surface area contributed by atoms with E-state index in [0.717, 1.165) is 5.92 Å². The Morgan fingerprint density at radius 2 is 2.10 bits per heavy atom. The third-order valence-corrected chi connectivity index (χ3v) is 3.25. The van der Waals surface area contributed by atoms with Gasteiger partial charge in [-0.1, -0.05) is 6.92 Å². The van der Waals surface area contributed by atoms with Gasteiger partial charge in [-0.15, -0.1) is 0 Å². The Morgan fingerprint density at radius 3 is 2.50 bits per heavy atom. The number of hydrogen-bond donors (Lipinski definition) is 2. The smallest absolute Gasteiger partial charge is 0.00237 e. The molecular formula is C8H16N2. The fourth-order valence-corrected chi connectivity index (χ4v) is 2.09. The highest BCUT2D eigenvalue weighted by Gasteiger charge is 2.42. The molecule has 0 amide bonds. The minimum absolute atomic E-state index is 0.686. The van der Waals surface area contributed by atoms with E-state index in [9.17, 15) is 0 Å². The van der Waals surface area contributed by atoms with Gasteiger partial charge in [0.15, 0.2) is 0 Å². The quantitative estimate of drug-likeness (QED) is 0.502. The summed E-state index contributed by atoms with van der Waals surface area (Å²) in [6.45, 7) is 7.34. The van der Waals surface area contributed by atoms with Gasteiger partial charge in [-0.05, 0) is 25.4 Å². The van der Waals surface area contributed by atoms with E-state index in [0.29, 0.717) is 5.41 Å². The summed E-state index contributed by atoms with van der Waals surface area (Å²) in [4.78, 5) is 0.